The summed E-state index contributed by atoms with van der Waals surface area (Å²) in [4.78, 5) is 11.1. The second-order valence-corrected chi connectivity index (χ2v) is 4.16. The van der Waals surface area contributed by atoms with Gasteiger partial charge in [-0.25, -0.2) is 4.79 Å². The molecular weight excluding hydrogens is 170 g/mol. The standard InChI is InChI=1S/C9H19NO3/c1-7(2)5-13-8(12)10-9(3,4)6-11/h7,11H,5-6H2,1-4H3,(H,10,12). The largest absolute Gasteiger partial charge is 0.449 e. The van der Waals surface area contributed by atoms with Crippen LogP contribution in [0.5, 0.6) is 0 Å². The first-order chi connectivity index (χ1) is 5.87. The summed E-state index contributed by atoms with van der Waals surface area (Å²) in [6.07, 6.45) is -0.479. The zero-order chi connectivity index (χ0) is 10.5. The topological polar surface area (TPSA) is 58.6 Å². The molecule has 0 aliphatic rings. The third kappa shape index (κ3) is 6.40. The summed E-state index contributed by atoms with van der Waals surface area (Å²) >= 11 is 0. The summed E-state index contributed by atoms with van der Waals surface area (Å²) in [6.45, 7) is 7.67. The molecule has 2 N–H and O–H groups in total. The molecule has 0 fully saturated rings. The van der Waals surface area contributed by atoms with E-state index in [9.17, 15) is 4.79 Å². The van der Waals surface area contributed by atoms with Crippen molar-refractivity contribution in [2.24, 2.45) is 5.92 Å². The smallest absolute Gasteiger partial charge is 0.407 e. The Hall–Kier alpha value is -0.770. The van der Waals surface area contributed by atoms with E-state index < -0.39 is 11.6 Å². The molecule has 0 unspecified atom stereocenters. The van der Waals surface area contributed by atoms with Crippen LogP contribution in [-0.2, 0) is 4.74 Å². The number of hydrogen-bond donors (Lipinski definition) is 2. The number of amides is 1. The van der Waals surface area contributed by atoms with Crippen LogP contribution in [0.3, 0.4) is 0 Å². The third-order valence-electron chi connectivity index (χ3n) is 1.38. The molecule has 13 heavy (non-hydrogen) atoms. The van der Waals surface area contributed by atoms with Gasteiger partial charge in [0.1, 0.15) is 0 Å². The molecule has 78 valence electrons. The van der Waals surface area contributed by atoms with Crippen molar-refractivity contribution in [1.29, 1.82) is 0 Å². The molecule has 0 atom stereocenters. The number of alkyl carbamates (subject to hydrolysis) is 1. The van der Waals surface area contributed by atoms with Gasteiger partial charge in [-0.15, -0.1) is 0 Å². The van der Waals surface area contributed by atoms with Crippen molar-refractivity contribution in [1.82, 2.24) is 5.32 Å². The molecule has 0 saturated heterocycles. The fourth-order valence-electron chi connectivity index (χ4n) is 0.594. The molecule has 0 aromatic heterocycles. The van der Waals surface area contributed by atoms with Crippen molar-refractivity contribution in [3.05, 3.63) is 0 Å². The maximum atomic E-state index is 11.1. The Balaban J connectivity index is 3.74. The molecule has 0 aromatic carbocycles. The highest BCUT2D eigenvalue weighted by molar-refractivity contribution is 5.68. The van der Waals surface area contributed by atoms with Crippen LogP contribution in [0.2, 0.25) is 0 Å². The predicted octanol–water partition coefficient (Wildman–Crippen LogP) is 1.14. The second kappa shape index (κ2) is 5.07. The van der Waals surface area contributed by atoms with Gasteiger partial charge in [0, 0.05) is 0 Å². The minimum absolute atomic E-state index is 0.107. The monoisotopic (exact) mass is 189 g/mol. The summed E-state index contributed by atoms with van der Waals surface area (Å²) in [7, 11) is 0. The summed E-state index contributed by atoms with van der Waals surface area (Å²) in [5.74, 6) is 0.322. The molecule has 0 heterocycles. The quantitative estimate of drug-likeness (QED) is 0.697. The predicted molar refractivity (Wildman–Crippen MR) is 50.5 cm³/mol. The van der Waals surface area contributed by atoms with Crippen molar-refractivity contribution >= 4 is 6.09 Å². The van der Waals surface area contributed by atoms with E-state index in [0.717, 1.165) is 0 Å². The highest BCUT2D eigenvalue weighted by Crippen LogP contribution is 2.01. The van der Waals surface area contributed by atoms with Gasteiger partial charge in [0.25, 0.3) is 0 Å². The normalized spacial score (nSPS) is 11.5. The number of carbonyl (C=O) groups excluding carboxylic acids is 1. The van der Waals surface area contributed by atoms with E-state index in [0.29, 0.717) is 12.5 Å². The van der Waals surface area contributed by atoms with Crippen LogP contribution in [-0.4, -0.2) is 30.0 Å². The first-order valence-electron chi connectivity index (χ1n) is 4.43. The fraction of sp³-hybridized carbons (Fsp3) is 0.889. The number of carbonyl (C=O) groups is 1. The maximum absolute atomic E-state index is 11.1. The molecule has 0 spiro atoms. The van der Waals surface area contributed by atoms with Gasteiger partial charge in [0.15, 0.2) is 0 Å². The Kier molecular flexibility index (Phi) is 4.77. The molecule has 0 radical (unpaired) electrons. The Labute approximate surface area is 79.3 Å². The molecule has 4 nitrogen and oxygen atoms in total. The first-order valence-corrected chi connectivity index (χ1v) is 4.43. The van der Waals surface area contributed by atoms with Crippen molar-refractivity contribution in [2.45, 2.75) is 33.2 Å². The van der Waals surface area contributed by atoms with Gasteiger partial charge in [-0.3, -0.25) is 0 Å². The summed E-state index contributed by atoms with van der Waals surface area (Å²) in [5, 5.41) is 11.4. The molecule has 0 bridgehead atoms. The molecule has 0 aromatic rings. The third-order valence-corrected chi connectivity index (χ3v) is 1.38. The van der Waals surface area contributed by atoms with Crippen LogP contribution >= 0.6 is 0 Å². The highest BCUT2D eigenvalue weighted by Gasteiger charge is 2.19. The second-order valence-electron chi connectivity index (χ2n) is 4.16. The van der Waals surface area contributed by atoms with Crippen LogP contribution in [0.4, 0.5) is 4.79 Å². The van der Waals surface area contributed by atoms with Gasteiger partial charge in [-0.05, 0) is 19.8 Å². The summed E-state index contributed by atoms with van der Waals surface area (Å²) < 4.78 is 4.88. The van der Waals surface area contributed by atoms with Crippen molar-refractivity contribution in [3.63, 3.8) is 0 Å². The molecule has 1 amide bonds. The van der Waals surface area contributed by atoms with Gasteiger partial charge in [0.05, 0.1) is 18.8 Å². The maximum Gasteiger partial charge on any atom is 0.407 e. The van der Waals surface area contributed by atoms with E-state index in [2.05, 4.69) is 5.32 Å². The van der Waals surface area contributed by atoms with Gasteiger partial charge < -0.3 is 15.2 Å². The van der Waals surface area contributed by atoms with E-state index in [4.69, 9.17) is 9.84 Å². The Morgan fingerprint density at radius 2 is 2.08 bits per heavy atom. The highest BCUT2D eigenvalue weighted by atomic mass is 16.5. The average molecular weight is 189 g/mol. The lowest BCUT2D eigenvalue weighted by atomic mass is 10.1. The van der Waals surface area contributed by atoms with Gasteiger partial charge in [0.2, 0.25) is 0 Å². The fourth-order valence-corrected chi connectivity index (χ4v) is 0.594. The summed E-state index contributed by atoms with van der Waals surface area (Å²) in [5.41, 5.74) is -0.617. The van der Waals surface area contributed by atoms with E-state index in [1.807, 2.05) is 13.8 Å². The SMILES string of the molecule is CC(C)COC(=O)NC(C)(C)CO. The number of rotatable bonds is 4. The average Bonchev–Trinajstić information content (AvgIpc) is 2.00. The van der Waals surface area contributed by atoms with Gasteiger partial charge in [-0.2, -0.15) is 0 Å². The van der Waals surface area contributed by atoms with E-state index in [1.54, 1.807) is 13.8 Å². The first kappa shape index (κ1) is 12.2. The molecule has 0 saturated carbocycles. The van der Waals surface area contributed by atoms with Gasteiger partial charge in [-0.1, -0.05) is 13.8 Å². The minimum atomic E-state index is -0.617. The minimum Gasteiger partial charge on any atom is -0.449 e. The molecular formula is C9H19NO3. The lowest BCUT2D eigenvalue weighted by molar-refractivity contribution is 0.111. The molecule has 4 heteroatoms. The summed E-state index contributed by atoms with van der Waals surface area (Å²) in [6, 6.07) is 0. The van der Waals surface area contributed by atoms with Crippen LogP contribution < -0.4 is 5.32 Å². The lowest BCUT2D eigenvalue weighted by Crippen LogP contribution is -2.46. The Bertz CT molecular complexity index is 166. The molecule has 0 aliphatic carbocycles. The zero-order valence-electron chi connectivity index (χ0n) is 8.76. The number of aliphatic hydroxyl groups excluding tert-OH is 1. The number of hydrogen-bond acceptors (Lipinski definition) is 3. The van der Waals surface area contributed by atoms with Crippen molar-refractivity contribution in [3.8, 4) is 0 Å². The number of nitrogens with one attached hydrogen (secondary N) is 1. The zero-order valence-corrected chi connectivity index (χ0v) is 8.76. The van der Waals surface area contributed by atoms with Crippen LogP contribution in [0.1, 0.15) is 27.7 Å². The lowest BCUT2D eigenvalue weighted by Gasteiger charge is -2.23. The number of aliphatic hydroxyl groups is 1. The van der Waals surface area contributed by atoms with Crippen LogP contribution in [0.25, 0.3) is 0 Å². The van der Waals surface area contributed by atoms with Gasteiger partial charge >= 0.3 is 6.09 Å². The van der Waals surface area contributed by atoms with Crippen LogP contribution in [0.15, 0.2) is 0 Å². The van der Waals surface area contributed by atoms with Crippen LogP contribution in [0, 0.1) is 5.92 Å². The number of ether oxygens (including phenoxy) is 1. The van der Waals surface area contributed by atoms with E-state index in [1.165, 1.54) is 0 Å². The van der Waals surface area contributed by atoms with E-state index in [-0.39, 0.29) is 6.61 Å². The Morgan fingerprint density at radius 1 is 1.54 bits per heavy atom. The Morgan fingerprint density at radius 3 is 2.46 bits per heavy atom. The molecule has 0 rings (SSSR count). The van der Waals surface area contributed by atoms with Crippen molar-refractivity contribution in [2.75, 3.05) is 13.2 Å². The van der Waals surface area contributed by atoms with E-state index >= 15 is 0 Å². The molecule has 0 aliphatic heterocycles. The van der Waals surface area contributed by atoms with Crippen molar-refractivity contribution < 1.29 is 14.6 Å².